The second-order valence-electron chi connectivity index (χ2n) is 4.97. The lowest BCUT2D eigenvalue weighted by Crippen LogP contribution is -2.47. The molecule has 1 N–H and O–H groups in total. The number of nitrogens with one attached hydrogen (secondary N) is 1. The lowest BCUT2D eigenvalue weighted by Gasteiger charge is -2.37. The Hall–Kier alpha value is -0.0800. The fourth-order valence-corrected chi connectivity index (χ4v) is 2.28. The van der Waals surface area contributed by atoms with Gasteiger partial charge in [0.25, 0.3) is 0 Å². The van der Waals surface area contributed by atoms with Crippen molar-refractivity contribution in [2.45, 2.75) is 59.5 Å². The first-order valence-electron chi connectivity index (χ1n) is 6.47. The van der Waals surface area contributed by atoms with Crippen molar-refractivity contribution < 1.29 is 0 Å². The van der Waals surface area contributed by atoms with Crippen LogP contribution < -0.4 is 5.32 Å². The van der Waals surface area contributed by atoms with Crippen LogP contribution in [0.15, 0.2) is 0 Å². The topological polar surface area (TPSA) is 15.3 Å². The fraction of sp³-hybridized carbons (Fsp3) is 1.00. The van der Waals surface area contributed by atoms with E-state index in [1.807, 2.05) is 7.05 Å². The Bertz CT molecular complexity index is 141. The van der Waals surface area contributed by atoms with Gasteiger partial charge in [0.1, 0.15) is 0 Å². The van der Waals surface area contributed by atoms with Gasteiger partial charge in [0, 0.05) is 25.2 Å². The van der Waals surface area contributed by atoms with Crippen molar-refractivity contribution in [3.05, 3.63) is 0 Å². The van der Waals surface area contributed by atoms with E-state index in [1.54, 1.807) is 0 Å². The lowest BCUT2D eigenvalue weighted by molar-refractivity contribution is 0.118. The highest BCUT2D eigenvalue weighted by molar-refractivity contribution is 4.77. The Morgan fingerprint density at radius 1 is 1.07 bits per heavy atom. The molecule has 0 amide bonds. The van der Waals surface area contributed by atoms with Crippen LogP contribution in [0.2, 0.25) is 0 Å². The zero-order valence-electron chi connectivity index (χ0n) is 11.5. The Morgan fingerprint density at radius 3 is 1.93 bits per heavy atom. The van der Waals surface area contributed by atoms with Crippen LogP contribution >= 0.6 is 0 Å². The van der Waals surface area contributed by atoms with Crippen LogP contribution in [0.3, 0.4) is 0 Å². The maximum atomic E-state index is 3.28. The smallest absolute Gasteiger partial charge is 0.0195 e. The minimum atomic E-state index is 0.641. The molecule has 0 saturated carbocycles. The van der Waals surface area contributed by atoms with Gasteiger partial charge < -0.3 is 5.32 Å². The summed E-state index contributed by atoms with van der Waals surface area (Å²) < 4.78 is 0. The van der Waals surface area contributed by atoms with Gasteiger partial charge in [0.2, 0.25) is 0 Å². The number of hydrogen-bond donors (Lipinski definition) is 1. The molecule has 0 aromatic rings. The van der Waals surface area contributed by atoms with Gasteiger partial charge >= 0.3 is 0 Å². The molecule has 0 rings (SSSR count). The predicted molar refractivity (Wildman–Crippen MR) is 69.3 cm³/mol. The zero-order valence-corrected chi connectivity index (χ0v) is 11.5. The Balaban J connectivity index is 4.39. The summed E-state index contributed by atoms with van der Waals surface area (Å²) in [6.07, 6.45) is 2.52. The van der Waals surface area contributed by atoms with Gasteiger partial charge in [-0.05, 0) is 32.7 Å². The summed E-state index contributed by atoms with van der Waals surface area (Å²) >= 11 is 0. The van der Waals surface area contributed by atoms with Gasteiger partial charge in [-0.3, -0.25) is 4.90 Å². The molecule has 0 aliphatic heterocycles. The van der Waals surface area contributed by atoms with Gasteiger partial charge in [0.05, 0.1) is 0 Å². The van der Waals surface area contributed by atoms with Gasteiger partial charge in [-0.2, -0.15) is 0 Å². The molecule has 1 unspecified atom stereocenters. The van der Waals surface area contributed by atoms with E-state index < -0.39 is 0 Å². The second kappa shape index (κ2) is 8.12. The highest BCUT2D eigenvalue weighted by Crippen LogP contribution is 2.14. The van der Waals surface area contributed by atoms with Gasteiger partial charge in [-0.15, -0.1) is 0 Å². The SMILES string of the molecule is CCC(CC)N(CC(C)C)C(C)CNC. The largest absolute Gasteiger partial charge is 0.318 e. The summed E-state index contributed by atoms with van der Waals surface area (Å²) in [5.41, 5.74) is 0. The molecule has 0 spiro atoms. The molecule has 0 saturated heterocycles. The number of likely N-dealkylation sites (N-methyl/N-ethyl adjacent to an activating group) is 1. The van der Waals surface area contributed by atoms with Crippen molar-refractivity contribution in [1.82, 2.24) is 10.2 Å². The number of hydrogen-bond acceptors (Lipinski definition) is 2. The average molecular weight is 214 g/mol. The number of nitrogens with zero attached hydrogens (tertiary/aromatic N) is 1. The van der Waals surface area contributed by atoms with Crippen LogP contribution in [0.1, 0.15) is 47.5 Å². The summed E-state index contributed by atoms with van der Waals surface area (Å²) in [7, 11) is 2.04. The Kier molecular flexibility index (Phi) is 8.07. The molecule has 2 nitrogen and oxygen atoms in total. The van der Waals surface area contributed by atoms with Crippen molar-refractivity contribution in [3.63, 3.8) is 0 Å². The van der Waals surface area contributed by atoms with Crippen LogP contribution in [0, 0.1) is 5.92 Å². The maximum absolute atomic E-state index is 3.28. The van der Waals surface area contributed by atoms with Crippen molar-refractivity contribution in [3.8, 4) is 0 Å². The standard InChI is InChI=1S/C13H30N2/c1-7-13(8-2)15(10-11(3)4)12(5)9-14-6/h11-14H,7-10H2,1-6H3. The highest BCUT2D eigenvalue weighted by Gasteiger charge is 2.21. The van der Waals surface area contributed by atoms with E-state index in [-0.39, 0.29) is 0 Å². The Morgan fingerprint density at radius 2 is 1.60 bits per heavy atom. The quantitative estimate of drug-likeness (QED) is 0.668. The summed E-state index contributed by atoms with van der Waals surface area (Å²) in [4.78, 5) is 2.67. The first-order chi connectivity index (χ1) is 7.06. The molecule has 2 heteroatoms. The third-order valence-corrected chi connectivity index (χ3v) is 3.05. The molecule has 0 aromatic carbocycles. The van der Waals surface area contributed by atoms with Crippen LogP contribution in [-0.4, -0.2) is 37.1 Å². The molecule has 0 fully saturated rings. The molecular weight excluding hydrogens is 184 g/mol. The second-order valence-corrected chi connectivity index (χ2v) is 4.97. The molecule has 0 heterocycles. The van der Waals surface area contributed by atoms with E-state index in [1.165, 1.54) is 19.4 Å². The summed E-state index contributed by atoms with van der Waals surface area (Å²) in [5.74, 6) is 0.755. The molecule has 0 aromatic heterocycles. The highest BCUT2D eigenvalue weighted by atomic mass is 15.2. The molecular formula is C13H30N2. The van der Waals surface area contributed by atoms with Gasteiger partial charge in [-0.1, -0.05) is 27.7 Å². The first-order valence-corrected chi connectivity index (χ1v) is 6.47. The molecule has 0 radical (unpaired) electrons. The van der Waals surface area contributed by atoms with Crippen molar-refractivity contribution in [2.75, 3.05) is 20.1 Å². The van der Waals surface area contributed by atoms with Crippen LogP contribution in [0.25, 0.3) is 0 Å². The molecule has 15 heavy (non-hydrogen) atoms. The molecule has 1 atom stereocenters. The van der Waals surface area contributed by atoms with Crippen molar-refractivity contribution >= 4 is 0 Å². The lowest BCUT2D eigenvalue weighted by atomic mass is 10.0. The Labute approximate surface area is 96.4 Å². The molecule has 0 aliphatic rings. The third kappa shape index (κ3) is 5.53. The predicted octanol–water partition coefficient (Wildman–Crippen LogP) is 2.74. The van der Waals surface area contributed by atoms with E-state index in [2.05, 4.69) is 44.8 Å². The van der Waals surface area contributed by atoms with Crippen LogP contribution in [0.5, 0.6) is 0 Å². The minimum Gasteiger partial charge on any atom is -0.318 e. The van der Waals surface area contributed by atoms with E-state index in [9.17, 15) is 0 Å². The fourth-order valence-electron chi connectivity index (χ4n) is 2.28. The summed E-state index contributed by atoms with van der Waals surface area (Å²) in [5, 5.41) is 3.28. The van der Waals surface area contributed by atoms with Crippen molar-refractivity contribution in [1.29, 1.82) is 0 Å². The van der Waals surface area contributed by atoms with E-state index >= 15 is 0 Å². The normalized spacial score (nSPS) is 14.2. The maximum Gasteiger partial charge on any atom is 0.0195 e. The van der Waals surface area contributed by atoms with Crippen LogP contribution in [0.4, 0.5) is 0 Å². The molecule has 0 bridgehead atoms. The third-order valence-electron chi connectivity index (χ3n) is 3.05. The zero-order chi connectivity index (χ0) is 11.8. The van der Waals surface area contributed by atoms with Gasteiger partial charge in [-0.25, -0.2) is 0 Å². The molecule has 92 valence electrons. The minimum absolute atomic E-state index is 0.641. The van der Waals surface area contributed by atoms with Crippen LogP contribution in [-0.2, 0) is 0 Å². The first kappa shape index (κ1) is 14.9. The van der Waals surface area contributed by atoms with E-state index in [4.69, 9.17) is 0 Å². The monoisotopic (exact) mass is 214 g/mol. The average Bonchev–Trinajstić information content (AvgIpc) is 2.18. The van der Waals surface area contributed by atoms with E-state index in [0.717, 1.165) is 18.5 Å². The van der Waals surface area contributed by atoms with Gasteiger partial charge in [0.15, 0.2) is 0 Å². The number of rotatable bonds is 8. The summed E-state index contributed by atoms with van der Waals surface area (Å²) in [6.45, 7) is 13.8. The van der Waals surface area contributed by atoms with E-state index in [0.29, 0.717) is 6.04 Å². The summed E-state index contributed by atoms with van der Waals surface area (Å²) in [6, 6.07) is 1.39. The van der Waals surface area contributed by atoms with Crippen molar-refractivity contribution in [2.24, 2.45) is 5.92 Å². The molecule has 0 aliphatic carbocycles.